The Morgan fingerprint density at radius 3 is 2.72 bits per heavy atom. The Bertz CT molecular complexity index is 1810. The molecule has 1 aliphatic heterocycles. The lowest BCUT2D eigenvalue weighted by Gasteiger charge is -2.30. The largest absolute Gasteiger partial charge is 0.494 e. The standard InChI is InChI=1S/C32H38N8O3/c1-20-29(36-40-17-23(14-28(42-2)30(20)40)32(41)37-10-4-6-24(33)18-37)26-13-22-5-3-7-27(31(22)39(26)16-21-8-9-21)43-12-11-38-19-25(34)15-35-38/h3,5,7,13-15,17,19,21,24H,4,6,8-12,16,18,33-34H2,1-2H3. The highest BCUT2D eigenvalue weighted by atomic mass is 16.5. The summed E-state index contributed by atoms with van der Waals surface area (Å²) in [4.78, 5) is 15.3. The maximum absolute atomic E-state index is 13.5. The number of anilines is 1. The van der Waals surface area contributed by atoms with Crippen molar-refractivity contribution < 1.29 is 14.3 Å². The van der Waals surface area contributed by atoms with Gasteiger partial charge in [-0.2, -0.15) is 10.2 Å². The second kappa shape index (κ2) is 11.0. The lowest BCUT2D eigenvalue weighted by molar-refractivity contribution is 0.0707. The fourth-order valence-corrected chi connectivity index (χ4v) is 6.28. The van der Waals surface area contributed by atoms with Crippen molar-refractivity contribution in [2.45, 2.75) is 51.7 Å². The molecule has 7 rings (SSSR count). The number of fused-ring (bicyclic) bond motifs is 2. The minimum absolute atomic E-state index is 0.00786. The van der Waals surface area contributed by atoms with Crippen molar-refractivity contribution in [1.82, 2.24) is 28.9 Å². The Morgan fingerprint density at radius 2 is 1.98 bits per heavy atom. The van der Waals surface area contributed by atoms with E-state index in [2.05, 4.69) is 28.7 Å². The molecule has 43 heavy (non-hydrogen) atoms. The van der Waals surface area contributed by atoms with Crippen LogP contribution in [0, 0.1) is 12.8 Å². The summed E-state index contributed by atoms with van der Waals surface area (Å²) in [7, 11) is 1.64. The molecule has 5 aromatic rings. The van der Waals surface area contributed by atoms with Crippen LogP contribution in [0.2, 0.25) is 0 Å². The van der Waals surface area contributed by atoms with Gasteiger partial charge in [-0.15, -0.1) is 0 Å². The Labute approximate surface area is 249 Å². The number of nitrogens with zero attached hydrogens (tertiary/aromatic N) is 6. The van der Waals surface area contributed by atoms with Gasteiger partial charge in [0.15, 0.2) is 0 Å². The summed E-state index contributed by atoms with van der Waals surface area (Å²) in [5, 5.41) is 10.4. The molecule has 2 aliphatic rings. The molecule has 1 unspecified atom stereocenters. The molecular weight excluding hydrogens is 544 g/mol. The SMILES string of the molecule is COc1cc(C(=O)N2CCCC(N)C2)cn2nc(-c3cc4cccc(OCCn5cc(N)cn5)c4n3CC3CC3)c(C)c12. The highest BCUT2D eigenvalue weighted by Crippen LogP contribution is 2.40. The number of ether oxygens (including phenoxy) is 2. The molecule has 2 fully saturated rings. The lowest BCUT2D eigenvalue weighted by atomic mass is 10.1. The lowest BCUT2D eigenvalue weighted by Crippen LogP contribution is -2.45. The smallest absolute Gasteiger partial charge is 0.255 e. The molecule has 0 radical (unpaired) electrons. The van der Waals surface area contributed by atoms with Crippen molar-refractivity contribution in [1.29, 1.82) is 0 Å². The molecule has 0 spiro atoms. The van der Waals surface area contributed by atoms with Gasteiger partial charge >= 0.3 is 0 Å². The number of carbonyl (C=O) groups is 1. The fraction of sp³-hybridized carbons (Fsp3) is 0.406. The van der Waals surface area contributed by atoms with Gasteiger partial charge in [0.1, 0.15) is 29.3 Å². The fourth-order valence-electron chi connectivity index (χ4n) is 6.28. The van der Waals surface area contributed by atoms with Gasteiger partial charge in [0.25, 0.3) is 5.91 Å². The minimum Gasteiger partial charge on any atom is -0.494 e. The Kier molecular flexibility index (Phi) is 6.97. The van der Waals surface area contributed by atoms with Gasteiger partial charge in [-0.05, 0) is 56.7 Å². The molecule has 1 aliphatic carbocycles. The zero-order chi connectivity index (χ0) is 29.7. The molecular formula is C32H38N8O3. The van der Waals surface area contributed by atoms with E-state index in [4.69, 9.17) is 26.0 Å². The van der Waals surface area contributed by atoms with E-state index in [1.165, 1.54) is 12.8 Å². The van der Waals surface area contributed by atoms with Crippen LogP contribution in [0.3, 0.4) is 0 Å². The average molecular weight is 583 g/mol. The first kappa shape index (κ1) is 27.3. The normalized spacial score (nSPS) is 17.2. The van der Waals surface area contributed by atoms with Gasteiger partial charge < -0.3 is 30.4 Å². The van der Waals surface area contributed by atoms with E-state index in [1.54, 1.807) is 28.7 Å². The van der Waals surface area contributed by atoms with Crippen LogP contribution in [-0.4, -0.2) is 67.6 Å². The third-order valence-electron chi connectivity index (χ3n) is 8.64. The van der Waals surface area contributed by atoms with Crippen LogP contribution in [-0.2, 0) is 13.1 Å². The summed E-state index contributed by atoms with van der Waals surface area (Å²) >= 11 is 0. The predicted molar refractivity (Wildman–Crippen MR) is 165 cm³/mol. The number of amides is 1. The van der Waals surface area contributed by atoms with Crippen molar-refractivity contribution in [2.24, 2.45) is 11.7 Å². The first-order valence-corrected chi connectivity index (χ1v) is 15.0. The number of hydrogen-bond acceptors (Lipinski definition) is 7. The first-order valence-electron chi connectivity index (χ1n) is 15.0. The van der Waals surface area contributed by atoms with Gasteiger partial charge in [0.2, 0.25) is 0 Å². The number of piperidine rings is 1. The van der Waals surface area contributed by atoms with Gasteiger partial charge in [-0.3, -0.25) is 9.48 Å². The monoisotopic (exact) mass is 582 g/mol. The molecule has 0 bridgehead atoms. The molecule has 224 valence electrons. The second-order valence-corrected chi connectivity index (χ2v) is 11.9. The van der Waals surface area contributed by atoms with Crippen LogP contribution in [0.25, 0.3) is 27.8 Å². The number of nitrogens with two attached hydrogens (primary N) is 2. The Morgan fingerprint density at radius 1 is 1.12 bits per heavy atom. The number of methoxy groups -OCH3 is 1. The van der Waals surface area contributed by atoms with E-state index in [0.717, 1.165) is 58.5 Å². The number of aryl methyl sites for hydroxylation is 1. The van der Waals surface area contributed by atoms with Crippen molar-refractivity contribution in [3.8, 4) is 22.9 Å². The number of aromatic nitrogens is 5. The van der Waals surface area contributed by atoms with Gasteiger partial charge in [0, 0.05) is 49.0 Å². The van der Waals surface area contributed by atoms with E-state index >= 15 is 0 Å². The number of carbonyl (C=O) groups excluding carboxylic acids is 1. The van der Waals surface area contributed by atoms with E-state index in [1.807, 2.05) is 29.3 Å². The number of pyridine rings is 1. The Hall–Kier alpha value is -4.51. The molecule has 5 heterocycles. The highest BCUT2D eigenvalue weighted by molar-refractivity contribution is 5.96. The third kappa shape index (κ3) is 5.18. The summed E-state index contributed by atoms with van der Waals surface area (Å²) in [5.41, 5.74) is 18.0. The van der Waals surface area contributed by atoms with Crippen molar-refractivity contribution in [3.63, 3.8) is 0 Å². The first-order chi connectivity index (χ1) is 20.9. The number of nitrogen functional groups attached to an aromatic ring is 1. The summed E-state index contributed by atoms with van der Waals surface area (Å²) < 4.78 is 18.1. The molecule has 1 saturated carbocycles. The predicted octanol–water partition coefficient (Wildman–Crippen LogP) is 4.10. The number of hydrogen-bond donors (Lipinski definition) is 2. The van der Waals surface area contributed by atoms with Crippen LogP contribution in [0.4, 0.5) is 5.69 Å². The van der Waals surface area contributed by atoms with Crippen LogP contribution < -0.4 is 20.9 Å². The number of likely N-dealkylation sites (tertiary alicyclic amines) is 1. The summed E-state index contributed by atoms with van der Waals surface area (Å²) in [5.74, 6) is 2.03. The molecule has 1 saturated heterocycles. The maximum Gasteiger partial charge on any atom is 0.255 e. The quantitative estimate of drug-likeness (QED) is 0.268. The van der Waals surface area contributed by atoms with Gasteiger partial charge in [-0.1, -0.05) is 12.1 Å². The zero-order valence-corrected chi connectivity index (χ0v) is 24.7. The van der Waals surface area contributed by atoms with E-state index < -0.39 is 0 Å². The van der Waals surface area contributed by atoms with E-state index in [9.17, 15) is 4.79 Å². The molecule has 1 aromatic carbocycles. The minimum atomic E-state index is -0.0486. The van der Waals surface area contributed by atoms with Crippen LogP contribution in [0.5, 0.6) is 11.5 Å². The van der Waals surface area contributed by atoms with Crippen molar-refractivity contribution >= 4 is 28.0 Å². The number of benzene rings is 1. The summed E-state index contributed by atoms with van der Waals surface area (Å²) in [6.45, 7) is 5.28. The third-order valence-corrected chi connectivity index (χ3v) is 8.64. The van der Waals surface area contributed by atoms with E-state index in [0.29, 0.717) is 49.2 Å². The van der Waals surface area contributed by atoms with E-state index in [-0.39, 0.29) is 11.9 Å². The Balaban J connectivity index is 1.28. The van der Waals surface area contributed by atoms with Crippen molar-refractivity contribution in [3.05, 3.63) is 60.0 Å². The average Bonchev–Trinajstić information content (AvgIpc) is 3.47. The van der Waals surface area contributed by atoms with Crippen LogP contribution in [0.1, 0.15) is 41.6 Å². The summed E-state index contributed by atoms with van der Waals surface area (Å²) in [6.07, 6.45) is 9.54. The molecule has 4 N–H and O–H groups in total. The molecule has 1 atom stereocenters. The van der Waals surface area contributed by atoms with Gasteiger partial charge in [-0.25, -0.2) is 4.52 Å². The molecule has 4 aromatic heterocycles. The van der Waals surface area contributed by atoms with Crippen LogP contribution in [0.15, 0.2) is 48.9 Å². The topological polar surface area (TPSA) is 131 Å². The zero-order valence-electron chi connectivity index (χ0n) is 24.7. The van der Waals surface area contributed by atoms with Gasteiger partial charge in [0.05, 0.1) is 42.3 Å². The summed E-state index contributed by atoms with van der Waals surface area (Å²) in [6, 6.07) is 10.2. The highest BCUT2D eigenvalue weighted by Gasteiger charge is 2.28. The van der Waals surface area contributed by atoms with Crippen molar-refractivity contribution in [2.75, 3.05) is 32.5 Å². The number of para-hydroxylation sites is 1. The van der Waals surface area contributed by atoms with Crippen LogP contribution >= 0.6 is 0 Å². The molecule has 1 amide bonds. The second-order valence-electron chi connectivity index (χ2n) is 11.9. The number of rotatable bonds is 9. The molecule has 11 nitrogen and oxygen atoms in total. The maximum atomic E-state index is 13.5. The molecule has 11 heteroatoms.